The summed E-state index contributed by atoms with van der Waals surface area (Å²) in [5.74, 6) is 0.200. The molecule has 0 radical (unpaired) electrons. The molecule has 3 rings (SSSR count). The van der Waals surface area contributed by atoms with Crippen molar-refractivity contribution >= 4 is 39.3 Å². The van der Waals surface area contributed by atoms with Gasteiger partial charge in [-0.25, -0.2) is 9.78 Å². The second-order valence-electron chi connectivity index (χ2n) is 6.44. The van der Waals surface area contributed by atoms with Gasteiger partial charge in [-0.05, 0) is 51.8 Å². The highest BCUT2D eigenvalue weighted by Crippen LogP contribution is 2.36. The molecule has 2 aromatic heterocycles. The van der Waals surface area contributed by atoms with Gasteiger partial charge in [0.1, 0.15) is 15.5 Å². The van der Waals surface area contributed by atoms with Crippen LogP contribution in [0.1, 0.15) is 51.3 Å². The molecule has 0 unspecified atom stereocenters. The minimum Gasteiger partial charge on any atom is -0.462 e. The maximum Gasteiger partial charge on any atom is 0.348 e. The fraction of sp³-hybridized carbons (Fsp3) is 0.350. The first kappa shape index (κ1) is 19.6. The van der Waals surface area contributed by atoms with Crippen LogP contribution >= 0.6 is 23.1 Å². The molecule has 1 atom stereocenters. The van der Waals surface area contributed by atoms with E-state index in [0.29, 0.717) is 33.1 Å². The molecule has 0 spiro atoms. The molecule has 0 aliphatic heterocycles. The van der Waals surface area contributed by atoms with Gasteiger partial charge in [-0.1, -0.05) is 17.7 Å². The number of fused-ring (bicyclic) bond motifs is 1. The highest BCUT2D eigenvalue weighted by atomic mass is 32.2. The van der Waals surface area contributed by atoms with Crippen molar-refractivity contribution in [3.8, 4) is 0 Å². The van der Waals surface area contributed by atoms with Crippen LogP contribution in [0.4, 0.5) is 0 Å². The summed E-state index contributed by atoms with van der Waals surface area (Å²) in [7, 11) is 0. The molecule has 27 heavy (non-hydrogen) atoms. The van der Waals surface area contributed by atoms with E-state index in [1.807, 2.05) is 6.92 Å². The topological polar surface area (TPSA) is 72.0 Å². The highest BCUT2D eigenvalue weighted by Gasteiger charge is 2.21. The number of nitrogens with zero attached hydrogens (tertiary/aromatic N) is 1. The van der Waals surface area contributed by atoms with Gasteiger partial charge in [0.15, 0.2) is 0 Å². The minimum absolute atomic E-state index is 0.0306. The number of ether oxygens (including phenoxy) is 1. The lowest BCUT2D eigenvalue weighted by Gasteiger charge is -2.13. The molecule has 0 bridgehead atoms. The maximum atomic E-state index is 12.6. The number of hydrogen-bond acceptors (Lipinski definition) is 6. The molecule has 0 fully saturated rings. The number of benzene rings is 1. The van der Waals surface area contributed by atoms with E-state index in [1.54, 1.807) is 25.6 Å². The molecule has 1 N–H and O–H groups in total. The molecule has 5 nitrogen and oxygen atoms in total. The Kier molecular flexibility index (Phi) is 5.72. The van der Waals surface area contributed by atoms with Crippen molar-refractivity contribution in [3.63, 3.8) is 0 Å². The van der Waals surface area contributed by atoms with Crippen molar-refractivity contribution in [1.82, 2.24) is 9.97 Å². The normalized spacial score (nSPS) is 12.3. The molecule has 3 aromatic rings. The summed E-state index contributed by atoms with van der Waals surface area (Å²) >= 11 is 2.87. The number of aromatic nitrogens is 2. The van der Waals surface area contributed by atoms with Gasteiger partial charge < -0.3 is 9.72 Å². The number of rotatable bonds is 5. The number of thiophene rings is 1. The van der Waals surface area contributed by atoms with E-state index >= 15 is 0 Å². The predicted molar refractivity (Wildman–Crippen MR) is 111 cm³/mol. The van der Waals surface area contributed by atoms with E-state index in [1.165, 1.54) is 22.5 Å². The van der Waals surface area contributed by atoms with Gasteiger partial charge >= 0.3 is 5.97 Å². The van der Waals surface area contributed by atoms with Gasteiger partial charge in [0.2, 0.25) is 0 Å². The summed E-state index contributed by atoms with van der Waals surface area (Å²) in [5, 5.41) is 0.437. The number of carbonyl (C=O) groups excluding carboxylic acids is 1. The largest absolute Gasteiger partial charge is 0.462 e. The van der Waals surface area contributed by atoms with Crippen LogP contribution in [0.2, 0.25) is 0 Å². The number of thioether (sulfide) groups is 1. The van der Waals surface area contributed by atoms with Gasteiger partial charge in [-0.2, -0.15) is 0 Å². The van der Waals surface area contributed by atoms with E-state index < -0.39 is 5.97 Å². The molecule has 7 heteroatoms. The third-order valence-electron chi connectivity index (χ3n) is 4.30. The summed E-state index contributed by atoms with van der Waals surface area (Å²) < 4.78 is 5.09. The van der Waals surface area contributed by atoms with Crippen LogP contribution in [0.5, 0.6) is 0 Å². The van der Waals surface area contributed by atoms with Crippen LogP contribution in [0.3, 0.4) is 0 Å². The second kappa shape index (κ2) is 7.86. The van der Waals surface area contributed by atoms with Gasteiger partial charge in [0.25, 0.3) is 5.56 Å². The Morgan fingerprint density at radius 2 is 2.07 bits per heavy atom. The molecular weight excluding hydrogens is 380 g/mol. The number of esters is 1. The lowest BCUT2D eigenvalue weighted by molar-refractivity contribution is 0.0531. The zero-order valence-corrected chi connectivity index (χ0v) is 17.6. The van der Waals surface area contributed by atoms with Crippen molar-refractivity contribution in [2.24, 2.45) is 0 Å². The van der Waals surface area contributed by atoms with Crippen LogP contribution in [0, 0.1) is 20.8 Å². The number of H-pyrrole nitrogens is 1. The van der Waals surface area contributed by atoms with Crippen molar-refractivity contribution in [1.29, 1.82) is 0 Å². The standard InChI is InChI=1S/C20H22N2O3S2/c1-6-25-20(24)16-12(4)15-18(23)21-17(22-19(15)27-16)13(5)26-14-8-7-10(2)9-11(14)3/h7-9,13H,6H2,1-5H3,(H,21,22,23)/t13-/m0/s1. The average molecular weight is 403 g/mol. The zero-order valence-electron chi connectivity index (χ0n) is 16.0. The fourth-order valence-corrected chi connectivity index (χ4v) is 5.00. The van der Waals surface area contributed by atoms with Crippen molar-refractivity contribution < 1.29 is 9.53 Å². The van der Waals surface area contributed by atoms with E-state index in [2.05, 4.69) is 42.0 Å². The van der Waals surface area contributed by atoms with Crippen molar-refractivity contribution in [2.75, 3.05) is 6.61 Å². The van der Waals surface area contributed by atoms with Gasteiger partial charge in [0, 0.05) is 4.90 Å². The third kappa shape index (κ3) is 3.94. The summed E-state index contributed by atoms with van der Waals surface area (Å²) in [5.41, 5.74) is 2.83. The lowest BCUT2D eigenvalue weighted by Crippen LogP contribution is -2.13. The molecule has 2 heterocycles. The Labute approximate surface area is 166 Å². The number of aryl methyl sites for hydroxylation is 3. The predicted octanol–water partition coefficient (Wildman–Crippen LogP) is 4.94. The van der Waals surface area contributed by atoms with Crippen molar-refractivity contribution in [3.05, 3.63) is 55.9 Å². The lowest BCUT2D eigenvalue weighted by atomic mass is 10.2. The second-order valence-corrected chi connectivity index (χ2v) is 8.82. The zero-order chi connectivity index (χ0) is 19.7. The highest BCUT2D eigenvalue weighted by molar-refractivity contribution is 7.99. The molecule has 0 aliphatic rings. The Bertz CT molecular complexity index is 1070. The number of hydrogen-bond donors (Lipinski definition) is 1. The smallest absolute Gasteiger partial charge is 0.348 e. The van der Waals surface area contributed by atoms with Crippen LogP contribution < -0.4 is 5.56 Å². The first-order valence-corrected chi connectivity index (χ1v) is 10.5. The van der Waals surface area contributed by atoms with Crippen LogP contribution in [0.25, 0.3) is 10.2 Å². The summed E-state index contributed by atoms with van der Waals surface area (Å²) in [4.78, 5) is 34.4. The van der Waals surface area contributed by atoms with Crippen LogP contribution in [0.15, 0.2) is 27.9 Å². The Morgan fingerprint density at radius 3 is 2.74 bits per heavy atom. The van der Waals surface area contributed by atoms with Crippen LogP contribution in [-0.2, 0) is 4.74 Å². The number of carbonyl (C=O) groups is 1. The van der Waals surface area contributed by atoms with Gasteiger partial charge in [0.05, 0.1) is 17.2 Å². The van der Waals surface area contributed by atoms with Crippen LogP contribution in [-0.4, -0.2) is 22.5 Å². The Hall–Kier alpha value is -2.12. The summed E-state index contributed by atoms with van der Waals surface area (Å²) in [6.07, 6.45) is 0. The summed E-state index contributed by atoms with van der Waals surface area (Å²) in [6, 6.07) is 6.31. The van der Waals surface area contributed by atoms with Gasteiger partial charge in [-0.15, -0.1) is 23.1 Å². The minimum atomic E-state index is -0.406. The number of nitrogens with one attached hydrogen (secondary N) is 1. The molecular formula is C20H22N2O3S2. The Balaban J connectivity index is 1.98. The summed E-state index contributed by atoms with van der Waals surface area (Å²) in [6.45, 7) is 9.98. The Morgan fingerprint density at radius 1 is 1.33 bits per heavy atom. The molecule has 0 saturated heterocycles. The SMILES string of the molecule is CCOC(=O)c1sc2nc([C@H](C)Sc3ccc(C)cc3C)[nH]c(=O)c2c1C. The maximum absolute atomic E-state index is 12.6. The van der Waals surface area contributed by atoms with E-state index in [9.17, 15) is 9.59 Å². The monoisotopic (exact) mass is 402 g/mol. The quantitative estimate of drug-likeness (QED) is 0.483. The van der Waals surface area contributed by atoms with Crippen molar-refractivity contribution in [2.45, 2.75) is 44.8 Å². The first-order valence-electron chi connectivity index (χ1n) is 8.76. The van der Waals surface area contributed by atoms with E-state index in [-0.39, 0.29) is 10.8 Å². The molecule has 0 saturated carbocycles. The molecule has 0 amide bonds. The first-order chi connectivity index (χ1) is 12.8. The third-order valence-corrected chi connectivity index (χ3v) is 6.75. The molecule has 1 aromatic carbocycles. The molecule has 142 valence electrons. The number of aromatic amines is 1. The average Bonchev–Trinajstić information content (AvgIpc) is 2.95. The van der Waals surface area contributed by atoms with E-state index in [0.717, 1.165) is 4.90 Å². The van der Waals surface area contributed by atoms with Gasteiger partial charge in [-0.3, -0.25) is 4.79 Å². The van der Waals surface area contributed by atoms with E-state index in [4.69, 9.17) is 4.74 Å². The fourth-order valence-electron chi connectivity index (χ4n) is 2.92. The molecule has 0 aliphatic carbocycles.